The van der Waals surface area contributed by atoms with Crippen LogP contribution < -0.4 is 5.56 Å². The molecule has 0 bridgehead atoms. The van der Waals surface area contributed by atoms with Crippen LogP contribution in [0.2, 0.25) is 0 Å². The van der Waals surface area contributed by atoms with E-state index in [1.165, 1.54) is 10.1 Å². The van der Waals surface area contributed by atoms with Crippen LogP contribution >= 0.6 is 15.9 Å². The van der Waals surface area contributed by atoms with E-state index in [1.54, 1.807) is 10.9 Å². The minimum atomic E-state index is 0.0448. The molecule has 1 aliphatic heterocycles. The van der Waals surface area contributed by atoms with Gasteiger partial charge >= 0.3 is 0 Å². The number of para-hydroxylation sites is 1. The van der Waals surface area contributed by atoms with E-state index < -0.39 is 0 Å². The number of aromatic nitrogens is 2. The number of fused-ring (bicyclic) bond motifs is 1. The molecule has 21 heavy (non-hydrogen) atoms. The van der Waals surface area contributed by atoms with Gasteiger partial charge in [0.05, 0.1) is 17.2 Å². The third kappa shape index (κ3) is 3.09. The number of halogens is 1. The standard InChI is InChI=1S/C16H18BrN3O/c1-12-6-7-19(10-14(12)17)8-9-20-11-18-15-5-3-2-4-13(15)16(20)21/h2-5,11H,6-10H2,1H3. The Morgan fingerprint density at radius 1 is 1.29 bits per heavy atom. The van der Waals surface area contributed by atoms with Gasteiger partial charge in [0.2, 0.25) is 0 Å². The van der Waals surface area contributed by atoms with Gasteiger partial charge in [-0.05, 0) is 25.5 Å². The van der Waals surface area contributed by atoms with Crippen molar-refractivity contribution in [3.8, 4) is 0 Å². The number of rotatable bonds is 3. The summed E-state index contributed by atoms with van der Waals surface area (Å²) in [5, 5.41) is 0.690. The number of hydrogen-bond donors (Lipinski definition) is 0. The molecule has 0 atom stereocenters. The SMILES string of the molecule is CC1=C(Br)CN(CCn2cnc3ccccc3c2=O)CC1. The van der Waals surface area contributed by atoms with Crippen molar-refractivity contribution in [2.75, 3.05) is 19.6 Å². The van der Waals surface area contributed by atoms with Gasteiger partial charge in [-0.3, -0.25) is 14.3 Å². The topological polar surface area (TPSA) is 38.1 Å². The van der Waals surface area contributed by atoms with Crippen molar-refractivity contribution in [2.45, 2.75) is 19.9 Å². The molecule has 0 N–H and O–H groups in total. The highest BCUT2D eigenvalue weighted by Gasteiger charge is 2.14. The normalized spacial score (nSPS) is 16.7. The van der Waals surface area contributed by atoms with Gasteiger partial charge in [-0.2, -0.15) is 0 Å². The Bertz CT molecular complexity index is 751. The zero-order chi connectivity index (χ0) is 14.8. The zero-order valence-corrected chi connectivity index (χ0v) is 13.6. The zero-order valence-electron chi connectivity index (χ0n) is 12.1. The first-order valence-corrected chi connectivity index (χ1v) is 7.95. The van der Waals surface area contributed by atoms with Gasteiger partial charge in [-0.1, -0.05) is 33.6 Å². The molecule has 0 aliphatic carbocycles. The first-order valence-electron chi connectivity index (χ1n) is 7.16. The molecule has 2 aromatic rings. The lowest BCUT2D eigenvalue weighted by Gasteiger charge is -2.27. The number of nitrogens with zero attached hydrogens (tertiary/aromatic N) is 3. The van der Waals surface area contributed by atoms with Crippen molar-refractivity contribution in [3.63, 3.8) is 0 Å². The Labute approximate surface area is 132 Å². The highest BCUT2D eigenvalue weighted by Crippen LogP contribution is 2.21. The molecule has 3 rings (SSSR count). The lowest BCUT2D eigenvalue weighted by molar-refractivity contribution is 0.278. The maximum Gasteiger partial charge on any atom is 0.261 e. The van der Waals surface area contributed by atoms with E-state index in [0.29, 0.717) is 11.9 Å². The monoisotopic (exact) mass is 347 g/mol. The summed E-state index contributed by atoms with van der Waals surface area (Å²) in [6, 6.07) is 7.49. The van der Waals surface area contributed by atoms with Gasteiger partial charge in [0.1, 0.15) is 0 Å². The molecule has 0 fully saturated rings. The van der Waals surface area contributed by atoms with Crippen molar-refractivity contribution in [2.24, 2.45) is 0 Å². The first-order chi connectivity index (χ1) is 10.1. The number of benzene rings is 1. The van der Waals surface area contributed by atoms with E-state index in [9.17, 15) is 4.79 Å². The second kappa shape index (κ2) is 6.12. The summed E-state index contributed by atoms with van der Waals surface area (Å²) in [5.41, 5.74) is 2.23. The molecule has 0 unspecified atom stereocenters. The fraction of sp³-hybridized carbons (Fsp3) is 0.375. The molecule has 1 aromatic heterocycles. The molecule has 110 valence electrons. The van der Waals surface area contributed by atoms with Gasteiger partial charge in [-0.25, -0.2) is 4.98 Å². The Kier molecular flexibility index (Phi) is 4.22. The van der Waals surface area contributed by atoms with Gasteiger partial charge in [0, 0.05) is 30.7 Å². The van der Waals surface area contributed by atoms with E-state index in [4.69, 9.17) is 0 Å². The van der Waals surface area contributed by atoms with Gasteiger partial charge in [-0.15, -0.1) is 0 Å². The van der Waals surface area contributed by atoms with Crippen LogP contribution in [0.4, 0.5) is 0 Å². The van der Waals surface area contributed by atoms with Crippen molar-refractivity contribution in [3.05, 3.63) is 51.0 Å². The largest absolute Gasteiger partial charge is 0.297 e. The molecule has 1 aliphatic rings. The van der Waals surface area contributed by atoms with Crippen LogP contribution in [0.15, 0.2) is 45.4 Å². The van der Waals surface area contributed by atoms with E-state index in [2.05, 4.69) is 32.7 Å². The van der Waals surface area contributed by atoms with Crippen molar-refractivity contribution < 1.29 is 0 Å². The summed E-state index contributed by atoms with van der Waals surface area (Å²) in [6.07, 6.45) is 2.75. The van der Waals surface area contributed by atoms with Crippen LogP contribution in [0.5, 0.6) is 0 Å². The third-order valence-electron chi connectivity index (χ3n) is 4.02. The summed E-state index contributed by atoms with van der Waals surface area (Å²) in [7, 11) is 0. The molecule has 4 nitrogen and oxygen atoms in total. The maximum absolute atomic E-state index is 12.4. The van der Waals surface area contributed by atoms with E-state index >= 15 is 0 Å². The fourth-order valence-electron chi connectivity index (χ4n) is 2.58. The molecular weight excluding hydrogens is 330 g/mol. The van der Waals surface area contributed by atoms with Crippen molar-refractivity contribution >= 4 is 26.8 Å². The Balaban J connectivity index is 1.74. The Morgan fingerprint density at radius 2 is 2.10 bits per heavy atom. The van der Waals surface area contributed by atoms with Crippen LogP contribution in [0.1, 0.15) is 13.3 Å². The summed E-state index contributed by atoms with van der Waals surface area (Å²) in [6.45, 7) is 5.69. The van der Waals surface area contributed by atoms with Crippen LogP contribution in [0.25, 0.3) is 10.9 Å². The minimum absolute atomic E-state index is 0.0448. The average Bonchev–Trinajstić information content (AvgIpc) is 2.50. The summed E-state index contributed by atoms with van der Waals surface area (Å²) >= 11 is 3.62. The highest BCUT2D eigenvalue weighted by atomic mass is 79.9. The van der Waals surface area contributed by atoms with Crippen LogP contribution in [-0.2, 0) is 6.54 Å². The van der Waals surface area contributed by atoms with Crippen molar-refractivity contribution in [1.82, 2.24) is 14.5 Å². The summed E-state index contributed by atoms with van der Waals surface area (Å²) in [5.74, 6) is 0. The summed E-state index contributed by atoms with van der Waals surface area (Å²) < 4.78 is 2.99. The highest BCUT2D eigenvalue weighted by molar-refractivity contribution is 9.11. The Morgan fingerprint density at radius 3 is 2.90 bits per heavy atom. The first kappa shape index (κ1) is 14.5. The molecule has 0 radical (unpaired) electrons. The Hall–Kier alpha value is -1.46. The predicted molar refractivity (Wildman–Crippen MR) is 88.7 cm³/mol. The van der Waals surface area contributed by atoms with Crippen molar-refractivity contribution in [1.29, 1.82) is 0 Å². The van der Waals surface area contributed by atoms with Crippen LogP contribution in [0.3, 0.4) is 0 Å². The quantitative estimate of drug-likeness (QED) is 0.856. The molecular formula is C16H18BrN3O. The molecule has 0 saturated heterocycles. The van der Waals surface area contributed by atoms with E-state index in [1.807, 2.05) is 24.3 Å². The number of hydrogen-bond acceptors (Lipinski definition) is 3. The summed E-state index contributed by atoms with van der Waals surface area (Å²) in [4.78, 5) is 19.1. The van der Waals surface area contributed by atoms with E-state index in [-0.39, 0.29) is 5.56 Å². The minimum Gasteiger partial charge on any atom is -0.297 e. The second-order valence-corrected chi connectivity index (χ2v) is 6.43. The average molecular weight is 348 g/mol. The molecule has 0 amide bonds. The molecule has 0 saturated carbocycles. The molecule has 1 aromatic carbocycles. The molecule has 5 heteroatoms. The van der Waals surface area contributed by atoms with E-state index in [0.717, 1.165) is 31.6 Å². The maximum atomic E-state index is 12.4. The lowest BCUT2D eigenvalue weighted by Crippen LogP contribution is -2.35. The second-order valence-electron chi connectivity index (χ2n) is 5.47. The molecule has 2 heterocycles. The van der Waals surface area contributed by atoms with Gasteiger partial charge < -0.3 is 0 Å². The van der Waals surface area contributed by atoms with Crippen LogP contribution in [-0.4, -0.2) is 34.1 Å². The third-order valence-corrected chi connectivity index (χ3v) is 4.94. The molecule has 0 spiro atoms. The lowest BCUT2D eigenvalue weighted by atomic mass is 10.1. The fourth-order valence-corrected chi connectivity index (χ4v) is 3.13. The smallest absolute Gasteiger partial charge is 0.261 e. The van der Waals surface area contributed by atoms with Gasteiger partial charge in [0.25, 0.3) is 5.56 Å². The van der Waals surface area contributed by atoms with Crippen LogP contribution in [0, 0.1) is 0 Å². The van der Waals surface area contributed by atoms with Gasteiger partial charge in [0.15, 0.2) is 0 Å². The predicted octanol–water partition coefficient (Wildman–Crippen LogP) is 2.77.